The Morgan fingerprint density at radius 1 is 1.38 bits per heavy atom. The van der Waals surface area contributed by atoms with Gasteiger partial charge in [0, 0.05) is 10.6 Å². The van der Waals surface area contributed by atoms with Gasteiger partial charge in [-0.05, 0) is 24.5 Å². The number of rotatable bonds is 0. The summed E-state index contributed by atoms with van der Waals surface area (Å²) in [4.78, 5) is 0.813. The van der Waals surface area contributed by atoms with Crippen LogP contribution in [0.25, 0.3) is 0 Å². The molecular formula is C10H12O2S. The molecule has 0 fully saturated rings. The molecule has 2 unspecified atom stereocenters. The minimum absolute atomic E-state index is 0.428. The van der Waals surface area contributed by atoms with Crippen LogP contribution < -0.4 is 0 Å². The van der Waals surface area contributed by atoms with E-state index in [-0.39, 0.29) is 0 Å². The number of aliphatic hydroxyl groups is 1. The molecule has 3 heteroatoms. The van der Waals surface area contributed by atoms with Crippen molar-refractivity contribution in [3.63, 3.8) is 0 Å². The van der Waals surface area contributed by atoms with Gasteiger partial charge in [0.15, 0.2) is 0 Å². The number of fused-ring (bicyclic) bond motifs is 1. The molecule has 0 spiro atoms. The van der Waals surface area contributed by atoms with Gasteiger partial charge in [-0.1, -0.05) is 18.2 Å². The Hall–Kier alpha value is -0.670. The molecule has 0 saturated heterocycles. The maximum atomic E-state index is 11.7. The Morgan fingerprint density at radius 2 is 2.15 bits per heavy atom. The van der Waals surface area contributed by atoms with Crippen molar-refractivity contribution in [2.45, 2.75) is 23.8 Å². The maximum absolute atomic E-state index is 11.7. The van der Waals surface area contributed by atoms with Gasteiger partial charge in [-0.3, -0.25) is 4.21 Å². The fourth-order valence-electron chi connectivity index (χ4n) is 1.64. The van der Waals surface area contributed by atoms with E-state index in [4.69, 9.17) is 0 Å². The first kappa shape index (κ1) is 8.91. The third-order valence-corrected chi connectivity index (χ3v) is 3.85. The lowest BCUT2D eigenvalue weighted by atomic mass is 10.1. The normalized spacial score (nSPS) is 27.8. The van der Waals surface area contributed by atoms with Gasteiger partial charge in [0.05, 0.1) is 16.9 Å². The second kappa shape index (κ2) is 3.60. The second-order valence-electron chi connectivity index (χ2n) is 3.25. The van der Waals surface area contributed by atoms with Crippen LogP contribution in [0.2, 0.25) is 0 Å². The molecule has 2 atom stereocenters. The van der Waals surface area contributed by atoms with E-state index in [1.54, 1.807) is 0 Å². The Kier molecular flexibility index (Phi) is 2.47. The molecule has 0 aromatic heterocycles. The molecule has 1 aromatic rings. The Morgan fingerprint density at radius 3 is 3.00 bits per heavy atom. The first-order valence-corrected chi connectivity index (χ1v) is 5.76. The molecule has 0 amide bonds. The number of benzene rings is 1. The SMILES string of the molecule is O=S1CCCC(O)c2ccccc21. The summed E-state index contributed by atoms with van der Waals surface area (Å²) in [5.74, 6) is 0.675. The van der Waals surface area contributed by atoms with E-state index in [2.05, 4.69) is 0 Å². The summed E-state index contributed by atoms with van der Waals surface area (Å²) in [5, 5.41) is 9.72. The maximum Gasteiger partial charge on any atom is 0.0802 e. The summed E-state index contributed by atoms with van der Waals surface area (Å²) < 4.78 is 11.7. The molecule has 1 N–H and O–H groups in total. The molecule has 0 aliphatic carbocycles. The summed E-state index contributed by atoms with van der Waals surface area (Å²) in [6, 6.07) is 7.46. The van der Waals surface area contributed by atoms with E-state index in [0.29, 0.717) is 5.75 Å². The number of hydrogen-bond acceptors (Lipinski definition) is 2. The van der Waals surface area contributed by atoms with Crippen LogP contribution >= 0.6 is 0 Å². The van der Waals surface area contributed by atoms with Crippen molar-refractivity contribution in [1.29, 1.82) is 0 Å². The van der Waals surface area contributed by atoms with Gasteiger partial charge >= 0.3 is 0 Å². The smallest absolute Gasteiger partial charge is 0.0802 e. The van der Waals surface area contributed by atoms with Crippen LogP contribution in [0.4, 0.5) is 0 Å². The summed E-state index contributed by atoms with van der Waals surface area (Å²) in [5.41, 5.74) is 0.846. The molecular weight excluding hydrogens is 184 g/mol. The van der Waals surface area contributed by atoms with E-state index in [1.807, 2.05) is 24.3 Å². The molecule has 1 aliphatic heterocycles. The van der Waals surface area contributed by atoms with Gasteiger partial charge in [0.1, 0.15) is 0 Å². The van der Waals surface area contributed by atoms with Crippen molar-refractivity contribution in [2.75, 3.05) is 5.75 Å². The highest BCUT2D eigenvalue weighted by Crippen LogP contribution is 2.28. The Labute approximate surface area is 80.1 Å². The molecule has 1 aromatic carbocycles. The molecule has 2 nitrogen and oxygen atoms in total. The zero-order valence-electron chi connectivity index (χ0n) is 7.27. The first-order valence-electron chi connectivity index (χ1n) is 4.44. The number of aliphatic hydroxyl groups excluding tert-OH is 1. The molecule has 13 heavy (non-hydrogen) atoms. The largest absolute Gasteiger partial charge is 0.388 e. The van der Waals surface area contributed by atoms with Crippen molar-refractivity contribution in [2.24, 2.45) is 0 Å². The molecule has 0 radical (unpaired) electrons. The fraction of sp³-hybridized carbons (Fsp3) is 0.400. The molecule has 1 aliphatic rings. The van der Waals surface area contributed by atoms with Crippen LogP contribution in [0.3, 0.4) is 0 Å². The van der Waals surface area contributed by atoms with E-state index >= 15 is 0 Å². The molecule has 70 valence electrons. The van der Waals surface area contributed by atoms with Crippen molar-refractivity contribution in [3.05, 3.63) is 29.8 Å². The zero-order valence-corrected chi connectivity index (χ0v) is 8.09. The van der Waals surface area contributed by atoms with Gasteiger partial charge in [-0.15, -0.1) is 0 Å². The van der Waals surface area contributed by atoms with Gasteiger partial charge in [-0.2, -0.15) is 0 Å². The van der Waals surface area contributed by atoms with E-state index in [0.717, 1.165) is 23.3 Å². The minimum atomic E-state index is -0.913. The molecule has 0 saturated carbocycles. The van der Waals surface area contributed by atoms with Gasteiger partial charge in [0.25, 0.3) is 0 Å². The lowest BCUT2D eigenvalue weighted by Gasteiger charge is -2.09. The summed E-state index contributed by atoms with van der Waals surface area (Å²) >= 11 is 0. The Bertz CT molecular complexity index is 335. The zero-order chi connectivity index (χ0) is 9.26. The first-order chi connectivity index (χ1) is 6.29. The van der Waals surface area contributed by atoms with Crippen molar-refractivity contribution in [3.8, 4) is 0 Å². The molecule has 2 rings (SSSR count). The molecule has 0 bridgehead atoms. The van der Waals surface area contributed by atoms with Gasteiger partial charge < -0.3 is 5.11 Å². The van der Waals surface area contributed by atoms with Gasteiger partial charge in [-0.25, -0.2) is 0 Å². The van der Waals surface area contributed by atoms with Crippen LogP contribution in [0.1, 0.15) is 24.5 Å². The average molecular weight is 196 g/mol. The standard InChI is InChI=1S/C10H12O2S/c11-9-5-3-7-13(12)10-6-2-1-4-8(9)10/h1-2,4,6,9,11H,3,5,7H2. The van der Waals surface area contributed by atoms with Crippen LogP contribution in [0.5, 0.6) is 0 Å². The summed E-state index contributed by atoms with van der Waals surface area (Å²) in [6.07, 6.45) is 1.13. The highest BCUT2D eigenvalue weighted by molar-refractivity contribution is 7.85. The van der Waals surface area contributed by atoms with Gasteiger partial charge in [0.2, 0.25) is 0 Å². The lowest BCUT2D eigenvalue weighted by molar-refractivity contribution is 0.165. The predicted molar refractivity (Wildman–Crippen MR) is 51.9 cm³/mol. The van der Waals surface area contributed by atoms with Crippen LogP contribution in [-0.2, 0) is 10.8 Å². The lowest BCUT2D eigenvalue weighted by Crippen LogP contribution is -1.98. The Balaban J connectivity index is 2.51. The highest BCUT2D eigenvalue weighted by atomic mass is 32.2. The quantitative estimate of drug-likeness (QED) is 0.684. The topological polar surface area (TPSA) is 37.3 Å². The van der Waals surface area contributed by atoms with Crippen LogP contribution in [-0.4, -0.2) is 15.1 Å². The minimum Gasteiger partial charge on any atom is -0.388 e. The molecule has 1 heterocycles. The number of hydrogen-bond donors (Lipinski definition) is 1. The van der Waals surface area contributed by atoms with Crippen molar-refractivity contribution < 1.29 is 9.32 Å². The predicted octanol–water partition coefficient (Wildman–Crippen LogP) is 1.62. The van der Waals surface area contributed by atoms with E-state index in [9.17, 15) is 9.32 Å². The van der Waals surface area contributed by atoms with E-state index < -0.39 is 16.9 Å². The summed E-state index contributed by atoms with van der Waals surface area (Å²) in [7, 11) is -0.913. The van der Waals surface area contributed by atoms with Crippen molar-refractivity contribution in [1.82, 2.24) is 0 Å². The van der Waals surface area contributed by atoms with Crippen LogP contribution in [0, 0.1) is 0 Å². The highest BCUT2D eigenvalue weighted by Gasteiger charge is 2.19. The fourth-order valence-corrected chi connectivity index (χ4v) is 2.98. The monoisotopic (exact) mass is 196 g/mol. The summed E-state index contributed by atoms with van der Waals surface area (Å²) in [6.45, 7) is 0. The average Bonchev–Trinajstić information content (AvgIpc) is 2.29. The third kappa shape index (κ3) is 1.67. The second-order valence-corrected chi connectivity index (χ2v) is 4.78. The van der Waals surface area contributed by atoms with Crippen LogP contribution in [0.15, 0.2) is 29.2 Å². The third-order valence-electron chi connectivity index (χ3n) is 2.33. The van der Waals surface area contributed by atoms with E-state index in [1.165, 1.54) is 0 Å². The van der Waals surface area contributed by atoms with Crippen molar-refractivity contribution >= 4 is 10.8 Å².